The summed E-state index contributed by atoms with van der Waals surface area (Å²) < 4.78 is 1.99. The second-order valence-corrected chi connectivity index (χ2v) is 4.72. The van der Waals surface area contributed by atoms with Crippen molar-refractivity contribution in [1.29, 1.82) is 0 Å². The van der Waals surface area contributed by atoms with Crippen molar-refractivity contribution in [2.45, 2.75) is 58.9 Å². The summed E-state index contributed by atoms with van der Waals surface area (Å²) in [4.78, 5) is 16.0. The van der Waals surface area contributed by atoms with Gasteiger partial charge in [0.25, 0.3) is 0 Å². The summed E-state index contributed by atoms with van der Waals surface area (Å²) in [5.41, 5.74) is 0. The van der Waals surface area contributed by atoms with Crippen LogP contribution in [0.5, 0.6) is 0 Å². The first-order valence-corrected chi connectivity index (χ1v) is 6.69. The lowest BCUT2D eigenvalue weighted by atomic mass is 10.0. The molecule has 94 valence electrons. The van der Waals surface area contributed by atoms with E-state index in [1.807, 2.05) is 4.68 Å². The van der Waals surface area contributed by atoms with Crippen LogP contribution >= 0.6 is 0 Å². The summed E-state index contributed by atoms with van der Waals surface area (Å²) >= 11 is 0. The first kappa shape index (κ1) is 12.3. The maximum atomic E-state index is 11.6. The van der Waals surface area contributed by atoms with Crippen molar-refractivity contribution in [2.75, 3.05) is 0 Å². The van der Waals surface area contributed by atoms with Crippen molar-refractivity contribution in [3.63, 3.8) is 0 Å². The van der Waals surface area contributed by atoms with E-state index < -0.39 is 0 Å². The summed E-state index contributed by atoms with van der Waals surface area (Å²) in [6.07, 6.45) is 5.63. The fourth-order valence-electron chi connectivity index (χ4n) is 2.49. The van der Waals surface area contributed by atoms with Gasteiger partial charge in [-0.25, -0.2) is 9.67 Å². The van der Waals surface area contributed by atoms with E-state index in [1.54, 1.807) is 0 Å². The van der Waals surface area contributed by atoms with Crippen LogP contribution in [0.1, 0.15) is 51.2 Å². The molecule has 1 aromatic rings. The van der Waals surface area contributed by atoms with Crippen LogP contribution in [0.3, 0.4) is 0 Å². The van der Waals surface area contributed by atoms with Gasteiger partial charge in [-0.2, -0.15) is 5.10 Å². The molecule has 0 N–H and O–H groups in total. The summed E-state index contributed by atoms with van der Waals surface area (Å²) in [7, 11) is 0. The summed E-state index contributed by atoms with van der Waals surface area (Å²) in [5, 5.41) is 4.48. The average Bonchev–Trinajstić information content (AvgIpc) is 2.92. The van der Waals surface area contributed by atoms with Gasteiger partial charge in [-0.3, -0.25) is 4.79 Å². The van der Waals surface area contributed by atoms with E-state index in [1.165, 1.54) is 0 Å². The Balaban J connectivity index is 1.97. The highest BCUT2D eigenvalue weighted by atomic mass is 16.1. The first-order chi connectivity index (χ1) is 8.24. The molecule has 4 heteroatoms. The standard InChI is InChI=1S/C13H21N3O/c1-3-12-14-13(4-2)16(15-12)9-8-10-6-5-7-11(10)17/h10H,3-9H2,1-2H3. The Hall–Kier alpha value is -1.19. The minimum Gasteiger partial charge on any atom is -0.299 e. The van der Waals surface area contributed by atoms with Gasteiger partial charge in [0.05, 0.1) is 0 Å². The SMILES string of the molecule is CCc1nc(CC)n(CCC2CCCC2=O)n1. The molecule has 1 aliphatic rings. The van der Waals surface area contributed by atoms with Gasteiger partial charge in [0.15, 0.2) is 5.82 Å². The van der Waals surface area contributed by atoms with E-state index in [-0.39, 0.29) is 5.92 Å². The van der Waals surface area contributed by atoms with Crippen molar-refractivity contribution in [1.82, 2.24) is 14.8 Å². The number of hydrogen-bond acceptors (Lipinski definition) is 3. The van der Waals surface area contributed by atoms with Gasteiger partial charge in [0.2, 0.25) is 0 Å². The molecule has 1 atom stereocenters. The largest absolute Gasteiger partial charge is 0.299 e. The maximum Gasteiger partial charge on any atom is 0.150 e. The second-order valence-electron chi connectivity index (χ2n) is 4.72. The van der Waals surface area contributed by atoms with Gasteiger partial charge in [0.1, 0.15) is 11.6 Å². The van der Waals surface area contributed by atoms with Gasteiger partial charge in [-0.15, -0.1) is 0 Å². The topological polar surface area (TPSA) is 47.8 Å². The normalized spacial score (nSPS) is 20.1. The lowest BCUT2D eigenvalue weighted by Crippen LogP contribution is -2.13. The molecular formula is C13H21N3O. The van der Waals surface area contributed by atoms with Crippen LogP contribution in [0.2, 0.25) is 0 Å². The lowest BCUT2D eigenvalue weighted by Gasteiger charge is -2.08. The molecule has 0 amide bonds. The van der Waals surface area contributed by atoms with E-state index in [9.17, 15) is 4.79 Å². The zero-order valence-corrected chi connectivity index (χ0v) is 10.8. The molecule has 1 aromatic heterocycles. The lowest BCUT2D eigenvalue weighted by molar-refractivity contribution is -0.120. The molecule has 0 aromatic carbocycles. The number of ketones is 1. The van der Waals surface area contributed by atoms with Crippen molar-refractivity contribution in [3.05, 3.63) is 11.6 Å². The van der Waals surface area contributed by atoms with Gasteiger partial charge in [-0.1, -0.05) is 13.8 Å². The molecule has 0 radical (unpaired) electrons. The van der Waals surface area contributed by atoms with E-state index >= 15 is 0 Å². The van der Waals surface area contributed by atoms with Crippen molar-refractivity contribution in [2.24, 2.45) is 5.92 Å². The fourth-order valence-corrected chi connectivity index (χ4v) is 2.49. The Morgan fingerprint density at radius 2 is 2.18 bits per heavy atom. The number of aromatic nitrogens is 3. The molecule has 4 nitrogen and oxygen atoms in total. The number of Topliss-reactive ketones (excluding diaryl/α,β-unsaturated/α-hetero) is 1. The van der Waals surface area contributed by atoms with Gasteiger partial charge in [0, 0.05) is 31.7 Å². The minimum atomic E-state index is 0.272. The number of carbonyl (C=O) groups excluding carboxylic acids is 1. The Morgan fingerprint density at radius 3 is 2.76 bits per heavy atom. The Bertz CT molecular complexity index is 397. The van der Waals surface area contributed by atoms with Gasteiger partial charge in [-0.05, 0) is 19.3 Å². The number of aryl methyl sites for hydroxylation is 3. The van der Waals surface area contributed by atoms with Crippen LogP contribution in [-0.4, -0.2) is 20.5 Å². The Kier molecular flexibility index (Phi) is 3.92. The molecule has 1 saturated carbocycles. The van der Waals surface area contributed by atoms with Crippen LogP contribution in [0.15, 0.2) is 0 Å². The molecule has 0 spiro atoms. The summed E-state index contributed by atoms with van der Waals surface area (Å²) in [6, 6.07) is 0. The zero-order valence-electron chi connectivity index (χ0n) is 10.8. The highest BCUT2D eigenvalue weighted by Crippen LogP contribution is 2.24. The van der Waals surface area contributed by atoms with E-state index in [4.69, 9.17) is 0 Å². The molecule has 1 aliphatic carbocycles. The predicted molar refractivity (Wildman–Crippen MR) is 65.7 cm³/mol. The Morgan fingerprint density at radius 1 is 1.35 bits per heavy atom. The fraction of sp³-hybridized carbons (Fsp3) is 0.769. The number of hydrogen-bond donors (Lipinski definition) is 0. The molecule has 0 aliphatic heterocycles. The zero-order chi connectivity index (χ0) is 12.3. The third-order valence-electron chi connectivity index (χ3n) is 3.55. The number of nitrogens with zero attached hydrogens (tertiary/aromatic N) is 3. The van der Waals surface area contributed by atoms with Crippen molar-refractivity contribution >= 4 is 5.78 Å². The molecule has 1 fully saturated rings. The maximum absolute atomic E-state index is 11.6. The molecule has 0 saturated heterocycles. The molecule has 0 bridgehead atoms. The predicted octanol–water partition coefficient (Wildman–Crippen LogP) is 2.16. The van der Waals surface area contributed by atoms with Crippen LogP contribution in [0.25, 0.3) is 0 Å². The third kappa shape index (κ3) is 2.73. The van der Waals surface area contributed by atoms with E-state index in [0.29, 0.717) is 5.78 Å². The van der Waals surface area contributed by atoms with Gasteiger partial charge >= 0.3 is 0 Å². The molecule has 1 heterocycles. The van der Waals surface area contributed by atoms with Crippen LogP contribution in [0, 0.1) is 5.92 Å². The van der Waals surface area contributed by atoms with Crippen molar-refractivity contribution in [3.8, 4) is 0 Å². The molecule has 1 unspecified atom stereocenters. The van der Waals surface area contributed by atoms with E-state index in [0.717, 1.165) is 56.7 Å². The third-order valence-corrected chi connectivity index (χ3v) is 3.55. The quantitative estimate of drug-likeness (QED) is 0.785. The molecular weight excluding hydrogens is 214 g/mol. The monoisotopic (exact) mass is 235 g/mol. The highest BCUT2D eigenvalue weighted by molar-refractivity contribution is 5.82. The second kappa shape index (κ2) is 5.43. The number of carbonyl (C=O) groups is 1. The van der Waals surface area contributed by atoms with Crippen molar-refractivity contribution < 1.29 is 4.79 Å². The first-order valence-electron chi connectivity index (χ1n) is 6.69. The summed E-state index contributed by atoms with van der Waals surface area (Å²) in [6.45, 7) is 5.01. The average molecular weight is 235 g/mol. The van der Waals surface area contributed by atoms with Crippen LogP contribution in [0.4, 0.5) is 0 Å². The van der Waals surface area contributed by atoms with E-state index in [2.05, 4.69) is 23.9 Å². The smallest absolute Gasteiger partial charge is 0.150 e. The molecule has 17 heavy (non-hydrogen) atoms. The number of rotatable bonds is 5. The minimum absolute atomic E-state index is 0.272. The van der Waals surface area contributed by atoms with Crippen LogP contribution < -0.4 is 0 Å². The highest BCUT2D eigenvalue weighted by Gasteiger charge is 2.24. The summed E-state index contributed by atoms with van der Waals surface area (Å²) in [5.74, 6) is 2.68. The molecule has 2 rings (SSSR count). The van der Waals surface area contributed by atoms with Gasteiger partial charge < -0.3 is 0 Å². The Labute approximate surface area is 102 Å². The van der Waals surface area contributed by atoms with Crippen LogP contribution in [-0.2, 0) is 24.2 Å².